The van der Waals surface area contributed by atoms with Gasteiger partial charge in [0.2, 0.25) is 11.7 Å². The van der Waals surface area contributed by atoms with Crippen LogP contribution in [-0.4, -0.2) is 42.0 Å². The maximum atomic E-state index is 13.0. The van der Waals surface area contributed by atoms with Crippen LogP contribution >= 0.6 is 11.3 Å². The Morgan fingerprint density at radius 2 is 2.10 bits per heavy atom. The van der Waals surface area contributed by atoms with Crippen LogP contribution in [0, 0.1) is 5.41 Å². The highest BCUT2D eigenvalue weighted by molar-refractivity contribution is 7.13. The number of likely N-dealkylation sites (tertiary alicyclic amines) is 1. The molecule has 0 aliphatic carbocycles. The molecule has 0 saturated carbocycles. The highest BCUT2D eigenvalue weighted by Gasteiger charge is 2.46. The molecule has 0 bridgehead atoms. The van der Waals surface area contributed by atoms with Gasteiger partial charge >= 0.3 is 0 Å². The lowest BCUT2D eigenvalue weighted by atomic mass is 9.79. The van der Waals surface area contributed by atoms with Gasteiger partial charge in [0.15, 0.2) is 0 Å². The molecule has 2 aromatic heterocycles. The average molecular weight is 438 g/mol. The standard InChI is InChI=1S/C24H27N3O3S/c1-16(2)19-13-20(30-26-19)22(28)27-10-9-24(15-27,23(29)25-3)14-17-6-4-7-18(12-17)21-8-5-11-31-21/h4-8,11-13,16H,9-10,14-15H2,1-3H3,(H,25,29)/t24-/m1/s1. The van der Waals surface area contributed by atoms with Gasteiger partial charge in [-0.15, -0.1) is 11.3 Å². The number of carbonyl (C=O) groups is 2. The number of benzene rings is 1. The fraction of sp³-hybridized carbons (Fsp3) is 0.375. The van der Waals surface area contributed by atoms with Crippen molar-refractivity contribution in [1.29, 1.82) is 0 Å². The fourth-order valence-electron chi connectivity index (χ4n) is 4.21. The third-order valence-corrected chi connectivity index (χ3v) is 6.87. The van der Waals surface area contributed by atoms with E-state index in [0.29, 0.717) is 25.9 Å². The van der Waals surface area contributed by atoms with E-state index < -0.39 is 5.41 Å². The zero-order valence-corrected chi connectivity index (χ0v) is 18.9. The molecule has 7 heteroatoms. The van der Waals surface area contributed by atoms with Gasteiger partial charge in [0, 0.05) is 31.1 Å². The summed E-state index contributed by atoms with van der Waals surface area (Å²) >= 11 is 1.69. The minimum absolute atomic E-state index is 0.0373. The van der Waals surface area contributed by atoms with Crippen LogP contribution in [0.4, 0.5) is 0 Å². The van der Waals surface area contributed by atoms with Gasteiger partial charge in [-0.1, -0.05) is 49.3 Å². The molecule has 0 spiro atoms. The molecule has 1 aliphatic rings. The Balaban J connectivity index is 1.56. The summed E-state index contributed by atoms with van der Waals surface area (Å²) in [5, 5.41) is 8.87. The van der Waals surface area contributed by atoms with Crippen molar-refractivity contribution in [3.63, 3.8) is 0 Å². The monoisotopic (exact) mass is 437 g/mol. The van der Waals surface area contributed by atoms with E-state index in [9.17, 15) is 9.59 Å². The third kappa shape index (κ3) is 4.28. The van der Waals surface area contributed by atoms with Crippen molar-refractivity contribution in [2.24, 2.45) is 5.41 Å². The summed E-state index contributed by atoms with van der Waals surface area (Å²) in [4.78, 5) is 28.9. The highest BCUT2D eigenvalue weighted by atomic mass is 32.1. The predicted molar refractivity (Wildman–Crippen MR) is 121 cm³/mol. The van der Waals surface area contributed by atoms with Gasteiger partial charge in [-0.05, 0) is 41.3 Å². The zero-order valence-electron chi connectivity index (χ0n) is 18.1. The van der Waals surface area contributed by atoms with Gasteiger partial charge in [-0.25, -0.2) is 0 Å². The molecule has 31 heavy (non-hydrogen) atoms. The van der Waals surface area contributed by atoms with Gasteiger partial charge < -0.3 is 14.7 Å². The molecule has 6 nitrogen and oxygen atoms in total. The second kappa shape index (κ2) is 8.67. The van der Waals surface area contributed by atoms with Crippen molar-refractivity contribution in [2.45, 2.75) is 32.6 Å². The molecule has 4 rings (SSSR count). The van der Waals surface area contributed by atoms with Crippen LogP contribution in [0.2, 0.25) is 0 Å². The van der Waals surface area contributed by atoms with Gasteiger partial charge in [0.05, 0.1) is 11.1 Å². The summed E-state index contributed by atoms with van der Waals surface area (Å²) in [6.45, 7) is 4.87. The summed E-state index contributed by atoms with van der Waals surface area (Å²) < 4.78 is 5.29. The van der Waals surface area contributed by atoms with Gasteiger partial charge in [-0.2, -0.15) is 0 Å². The Labute approximate surface area is 186 Å². The number of rotatable bonds is 6. The number of amides is 2. The predicted octanol–water partition coefficient (Wildman–Crippen LogP) is 4.35. The highest BCUT2D eigenvalue weighted by Crippen LogP contribution is 2.36. The van der Waals surface area contributed by atoms with E-state index in [2.05, 4.69) is 40.1 Å². The summed E-state index contributed by atoms with van der Waals surface area (Å²) in [7, 11) is 1.65. The summed E-state index contributed by atoms with van der Waals surface area (Å²) in [5.74, 6) is 0.169. The van der Waals surface area contributed by atoms with Gasteiger partial charge in [0.25, 0.3) is 5.91 Å². The average Bonchev–Trinajstić information content (AvgIpc) is 3.54. The van der Waals surface area contributed by atoms with Gasteiger partial charge in [-0.3, -0.25) is 9.59 Å². The van der Waals surface area contributed by atoms with Crippen LogP contribution in [0.15, 0.2) is 52.4 Å². The van der Waals surface area contributed by atoms with E-state index >= 15 is 0 Å². The van der Waals surface area contributed by atoms with Crippen LogP contribution in [0.5, 0.6) is 0 Å². The third-order valence-electron chi connectivity index (χ3n) is 5.96. The Hall–Kier alpha value is -2.93. The SMILES string of the molecule is CNC(=O)[C@@]1(Cc2cccc(-c3cccs3)c2)CCN(C(=O)c2cc(C(C)C)no2)C1. The lowest BCUT2D eigenvalue weighted by Gasteiger charge is -2.27. The smallest absolute Gasteiger partial charge is 0.292 e. The van der Waals surface area contributed by atoms with Crippen molar-refractivity contribution in [2.75, 3.05) is 20.1 Å². The fourth-order valence-corrected chi connectivity index (χ4v) is 4.93. The molecular weight excluding hydrogens is 410 g/mol. The first-order valence-corrected chi connectivity index (χ1v) is 11.4. The van der Waals surface area contributed by atoms with Gasteiger partial charge in [0.1, 0.15) is 0 Å². The van der Waals surface area contributed by atoms with Crippen LogP contribution in [0.3, 0.4) is 0 Å². The van der Waals surface area contributed by atoms with Crippen molar-refractivity contribution < 1.29 is 14.1 Å². The second-order valence-corrected chi connectivity index (χ2v) is 9.41. The first kappa shape index (κ1) is 21.3. The Morgan fingerprint density at radius 3 is 2.77 bits per heavy atom. The van der Waals surface area contributed by atoms with E-state index in [1.54, 1.807) is 29.4 Å². The van der Waals surface area contributed by atoms with E-state index in [-0.39, 0.29) is 23.5 Å². The van der Waals surface area contributed by atoms with Crippen molar-refractivity contribution in [3.8, 4) is 10.4 Å². The molecular formula is C24H27N3O3S. The van der Waals surface area contributed by atoms with E-state index in [1.165, 1.54) is 4.88 Å². The Kier molecular flexibility index (Phi) is 5.96. The lowest BCUT2D eigenvalue weighted by Crippen LogP contribution is -2.44. The molecule has 1 saturated heterocycles. The maximum absolute atomic E-state index is 13.0. The molecule has 1 atom stereocenters. The van der Waals surface area contributed by atoms with Crippen LogP contribution in [0.1, 0.15) is 48.0 Å². The van der Waals surface area contributed by atoms with Crippen molar-refractivity contribution in [1.82, 2.24) is 15.4 Å². The van der Waals surface area contributed by atoms with Crippen molar-refractivity contribution >= 4 is 23.2 Å². The first-order chi connectivity index (χ1) is 14.9. The first-order valence-electron chi connectivity index (χ1n) is 10.5. The second-order valence-electron chi connectivity index (χ2n) is 8.46. The minimum atomic E-state index is -0.667. The van der Waals surface area contributed by atoms with E-state index in [4.69, 9.17) is 4.52 Å². The number of carbonyl (C=O) groups excluding carboxylic acids is 2. The number of nitrogens with zero attached hydrogens (tertiary/aromatic N) is 2. The molecule has 1 aromatic carbocycles. The molecule has 1 N–H and O–H groups in total. The quantitative estimate of drug-likeness (QED) is 0.622. The van der Waals surface area contributed by atoms with Crippen molar-refractivity contribution in [3.05, 3.63) is 64.9 Å². The summed E-state index contributed by atoms with van der Waals surface area (Å²) in [6.07, 6.45) is 1.18. The molecule has 162 valence electrons. The largest absolute Gasteiger partial charge is 0.359 e. The summed E-state index contributed by atoms with van der Waals surface area (Å²) in [5.41, 5.74) is 2.32. The number of hydrogen-bond donors (Lipinski definition) is 1. The molecule has 0 radical (unpaired) electrons. The molecule has 1 fully saturated rings. The van der Waals surface area contributed by atoms with Crippen LogP contribution in [0.25, 0.3) is 10.4 Å². The van der Waals surface area contributed by atoms with Crippen LogP contribution < -0.4 is 5.32 Å². The normalized spacial score (nSPS) is 18.5. The van der Waals surface area contributed by atoms with Crippen LogP contribution in [-0.2, 0) is 11.2 Å². The topological polar surface area (TPSA) is 75.4 Å². The molecule has 0 unspecified atom stereocenters. The number of nitrogens with one attached hydrogen (secondary N) is 1. The van der Waals surface area contributed by atoms with E-state index in [0.717, 1.165) is 16.8 Å². The molecule has 3 aromatic rings. The maximum Gasteiger partial charge on any atom is 0.292 e. The molecule has 3 heterocycles. The number of aromatic nitrogens is 1. The van der Waals surface area contributed by atoms with E-state index in [1.807, 2.05) is 26.0 Å². The Morgan fingerprint density at radius 1 is 1.26 bits per heavy atom. The Bertz CT molecular complexity index is 1070. The zero-order chi connectivity index (χ0) is 22.0. The molecule has 1 aliphatic heterocycles. The minimum Gasteiger partial charge on any atom is -0.359 e. The molecule has 2 amide bonds. The summed E-state index contributed by atoms with van der Waals surface area (Å²) in [6, 6.07) is 14.1. The lowest BCUT2D eigenvalue weighted by molar-refractivity contribution is -0.129. The number of thiophene rings is 1. The number of hydrogen-bond acceptors (Lipinski definition) is 5.